The average molecular weight is 347 g/mol. The number of carboxylic acids is 3. The van der Waals surface area contributed by atoms with E-state index in [2.05, 4.69) is 5.32 Å². The number of amides is 1. The Balaban J connectivity index is 4.74. The molecule has 10 heteroatoms. The van der Waals surface area contributed by atoms with E-state index in [1.165, 1.54) is 4.90 Å². The van der Waals surface area contributed by atoms with Crippen molar-refractivity contribution in [2.45, 2.75) is 26.3 Å². The van der Waals surface area contributed by atoms with Crippen molar-refractivity contribution in [3.63, 3.8) is 0 Å². The van der Waals surface area contributed by atoms with Gasteiger partial charge in [-0.25, -0.2) is 0 Å². The maximum Gasteiger partial charge on any atom is 0.317 e. The van der Waals surface area contributed by atoms with E-state index in [1.807, 2.05) is 0 Å². The van der Waals surface area contributed by atoms with E-state index >= 15 is 0 Å². The van der Waals surface area contributed by atoms with Crippen LogP contribution in [0.2, 0.25) is 0 Å². The molecule has 0 fully saturated rings. The lowest BCUT2D eigenvalue weighted by molar-refractivity contribution is -0.143. The summed E-state index contributed by atoms with van der Waals surface area (Å²) >= 11 is 0. The SMILES string of the molecule is CC(C)(C)NC(=O)CN(CCN(CC(=O)O)CC(=O)O)CC(=O)O. The summed E-state index contributed by atoms with van der Waals surface area (Å²) in [5, 5.41) is 29.2. The molecule has 0 saturated heterocycles. The molecule has 0 aromatic heterocycles. The van der Waals surface area contributed by atoms with Gasteiger partial charge in [0.05, 0.1) is 26.2 Å². The summed E-state index contributed by atoms with van der Waals surface area (Å²) in [7, 11) is 0. The molecule has 0 aliphatic rings. The molecule has 0 aliphatic carbocycles. The average Bonchev–Trinajstić information content (AvgIpc) is 2.30. The lowest BCUT2D eigenvalue weighted by atomic mass is 10.1. The summed E-state index contributed by atoms with van der Waals surface area (Å²) in [6.07, 6.45) is 0. The predicted octanol–water partition coefficient (Wildman–Crippen LogP) is -1.24. The van der Waals surface area contributed by atoms with Crippen LogP contribution < -0.4 is 5.32 Å². The molecular weight excluding hydrogens is 322 g/mol. The first-order valence-electron chi connectivity index (χ1n) is 7.30. The normalized spacial score (nSPS) is 11.5. The topological polar surface area (TPSA) is 147 Å². The molecule has 138 valence electrons. The molecule has 1 amide bonds. The van der Waals surface area contributed by atoms with Crippen molar-refractivity contribution < 1.29 is 34.5 Å². The highest BCUT2D eigenvalue weighted by Gasteiger charge is 2.20. The molecule has 0 aliphatic heterocycles. The van der Waals surface area contributed by atoms with Gasteiger partial charge in [0.2, 0.25) is 5.91 Å². The summed E-state index contributed by atoms with van der Waals surface area (Å²) in [5.41, 5.74) is -0.468. The maximum atomic E-state index is 11.9. The largest absolute Gasteiger partial charge is 0.480 e. The van der Waals surface area contributed by atoms with Crippen molar-refractivity contribution in [1.82, 2.24) is 15.1 Å². The minimum absolute atomic E-state index is 0.00861. The summed E-state index contributed by atoms with van der Waals surface area (Å²) in [4.78, 5) is 46.8. The molecule has 0 bridgehead atoms. The van der Waals surface area contributed by atoms with E-state index in [-0.39, 0.29) is 25.5 Å². The van der Waals surface area contributed by atoms with Crippen LogP contribution in [0.3, 0.4) is 0 Å². The van der Waals surface area contributed by atoms with Gasteiger partial charge in [0.1, 0.15) is 0 Å². The van der Waals surface area contributed by atoms with Crippen LogP contribution in [0.25, 0.3) is 0 Å². The van der Waals surface area contributed by atoms with E-state index in [0.717, 1.165) is 4.90 Å². The number of nitrogens with zero attached hydrogens (tertiary/aromatic N) is 2. The van der Waals surface area contributed by atoms with Gasteiger partial charge < -0.3 is 20.6 Å². The molecule has 0 radical (unpaired) electrons. The van der Waals surface area contributed by atoms with E-state index in [4.69, 9.17) is 15.3 Å². The third-order valence-electron chi connectivity index (χ3n) is 2.69. The quantitative estimate of drug-likeness (QED) is 0.360. The Labute approximate surface area is 140 Å². The van der Waals surface area contributed by atoms with Gasteiger partial charge in [0.25, 0.3) is 0 Å². The first-order valence-corrected chi connectivity index (χ1v) is 7.30. The summed E-state index contributed by atoms with van der Waals surface area (Å²) in [5.74, 6) is -3.88. The third kappa shape index (κ3) is 12.4. The fraction of sp³-hybridized carbons (Fsp3) is 0.714. The first-order chi connectivity index (χ1) is 10.9. The Morgan fingerprint density at radius 1 is 0.750 bits per heavy atom. The number of carbonyl (C=O) groups is 4. The molecule has 0 aromatic rings. The minimum Gasteiger partial charge on any atom is -0.480 e. The molecule has 0 atom stereocenters. The number of carbonyl (C=O) groups excluding carboxylic acids is 1. The van der Waals surface area contributed by atoms with E-state index in [1.54, 1.807) is 20.8 Å². The zero-order valence-electron chi connectivity index (χ0n) is 14.1. The maximum absolute atomic E-state index is 11.9. The lowest BCUT2D eigenvalue weighted by Gasteiger charge is -2.26. The molecule has 0 saturated carbocycles. The molecule has 24 heavy (non-hydrogen) atoms. The van der Waals surface area contributed by atoms with Crippen LogP contribution in [0.15, 0.2) is 0 Å². The molecule has 0 unspecified atom stereocenters. The van der Waals surface area contributed by atoms with Crippen molar-refractivity contribution in [2.24, 2.45) is 0 Å². The second-order valence-electron chi connectivity index (χ2n) is 6.40. The third-order valence-corrected chi connectivity index (χ3v) is 2.69. The van der Waals surface area contributed by atoms with Gasteiger partial charge in [-0.05, 0) is 20.8 Å². The summed E-state index contributed by atoms with van der Waals surface area (Å²) in [6, 6.07) is 0. The van der Waals surface area contributed by atoms with Crippen LogP contribution >= 0.6 is 0 Å². The molecule has 0 aromatic carbocycles. The van der Waals surface area contributed by atoms with Crippen molar-refractivity contribution in [3.8, 4) is 0 Å². The van der Waals surface area contributed by atoms with Crippen molar-refractivity contribution in [1.29, 1.82) is 0 Å². The van der Waals surface area contributed by atoms with Crippen LogP contribution in [-0.4, -0.2) is 93.7 Å². The number of nitrogens with one attached hydrogen (secondary N) is 1. The number of hydrogen-bond donors (Lipinski definition) is 4. The molecule has 0 spiro atoms. The second-order valence-corrected chi connectivity index (χ2v) is 6.40. The second kappa shape index (κ2) is 9.83. The number of aliphatic carboxylic acids is 3. The van der Waals surface area contributed by atoms with E-state index in [9.17, 15) is 19.2 Å². The Morgan fingerprint density at radius 2 is 1.08 bits per heavy atom. The fourth-order valence-electron chi connectivity index (χ4n) is 1.95. The van der Waals surface area contributed by atoms with Gasteiger partial charge in [-0.1, -0.05) is 0 Å². The number of rotatable bonds is 11. The van der Waals surface area contributed by atoms with E-state index < -0.39 is 43.1 Å². The number of carboxylic acid groups (broad SMARTS) is 3. The summed E-state index contributed by atoms with van der Waals surface area (Å²) in [6.45, 7) is 3.85. The van der Waals surface area contributed by atoms with Gasteiger partial charge in [0, 0.05) is 18.6 Å². The lowest BCUT2D eigenvalue weighted by Crippen LogP contribution is -2.48. The zero-order valence-corrected chi connectivity index (χ0v) is 14.1. The van der Waals surface area contributed by atoms with Crippen LogP contribution in [0, 0.1) is 0 Å². The van der Waals surface area contributed by atoms with Gasteiger partial charge in [-0.3, -0.25) is 29.0 Å². The predicted molar refractivity (Wildman–Crippen MR) is 83.7 cm³/mol. The van der Waals surface area contributed by atoms with Gasteiger partial charge >= 0.3 is 17.9 Å². The summed E-state index contributed by atoms with van der Waals surface area (Å²) < 4.78 is 0. The Kier molecular flexibility index (Phi) is 8.93. The van der Waals surface area contributed by atoms with Crippen LogP contribution in [-0.2, 0) is 19.2 Å². The highest BCUT2D eigenvalue weighted by molar-refractivity contribution is 5.79. The smallest absolute Gasteiger partial charge is 0.317 e. The van der Waals surface area contributed by atoms with Gasteiger partial charge in [-0.15, -0.1) is 0 Å². The van der Waals surface area contributed by atoms with Crippen LogP contribution in [0.4, 0.5) is 0 Å². The molecular formula is C14H25N3O7. The fourth-order valence-corrected chi connectivity index (χ4v) is 1.95. The van der Waals surface area contributed by atoms with Crippen LogP contribution in [0.5, 0.6) is 0 Å². The molecule has 10 nitrogen and oxygen atoms in total. The van der Waals surface area contributed by atoms with Crippen molar-refractivity contribution >= 4 is 23.8 Å². The molecule has 4 N–H and O–H groups in total. The van der Waals surface area contributed by atoms with Gasteiger partial charge in [0.15, 0.2) is 0 Å². The molecule has 0 heterocycles. The standard InChI is InChI=1S/C14H25N3O7/c1-14(2,3)15-10(18)6-16(7-11(19)20)4-5-17(8-12(21)22)9-13(23)24/h4-9H2,1-3H3,(H,15,18)(H,19,20)(H,21,22)(H,23,24). The van der Waals surface area contributed by atoms with Crippen molar-refractivity contribution in [2.75, 3.05) is 39.3 Å². The Morgan fingerprint density at radius 3 is 1.38 bits per heavy atom. The minimum atomic E-state index is -1.19. The monoisotopic (exact) mass is 347 g/mol. The first kappa shape index (κ1) is 21.8. The highest BCUT2D eigenvalue weighted by Crippen LogP contribution is 2.00. The Bertz CT molecular complexity index is 457. The van der Waals surface area contributed by atoms with Crippen molar-refractivity contribution in [3.05, 3.63) is 0 Å². The highest BCUT2D eigenvalue weighted by atomic mass is 16.4. The van der Waals surface area contributed by atoms with Crippen LogP contribution in [0.1, 0.15) is 20.8 Å². The van der Waals surface area contributed by atoms with E-state index in [0.29, 0.717) is 0 Å². The molecule has 0 rings (SSSR count). The Hall–Kier alpha value is -2.20. The zero-order chi connectivity index (χ0) is 18.9. The number of hydrogen-bond acceptors (Lipinski definition) is 6. The van der Waals surface area contributed by atoms with Gasteiger partial charge in [-0.2, -0.15) is 0 Å².